The summed E-state index contributed by atoms with van der Waals surface area (Å²) in [4.78, 5) is 34.3. The maximum absolute atomic E-state index is 11.9. The van der Waals surface area contributed by atoms with E-state index in [1.807, 2.05) is 0 Å². The van der Waals surface area contributed by atoms with Crippen molar-refractivity contribution >= 4 is 17.9 Å². The zero-order valence-electron chi connectivity index (χ0n) is 10.5. The fourth-order valence-corrected chi connectivity index (χ4v) is 1.59. The zero-order chi connectivity index (χ0) is 14.2. The summed E-state index contributed by atoms with van der Waals surface area (Å²) in [6, 6.07) is 1.24. The van der Waals surface area contributed by atoms with Gasteiger partial charge in [-0.05, 0) is 0 Å². The number of hydrogen-bond donors (Lipinski definition) is 2. The van der Waals surface area contributed by atoms with Gasteiger partial charge in [0.1, 0.15) is 0 Å². The number of hydrogen-bond acceptors (Lipinski definition) is 5. The normalized spacial score (nSPS) is 13.2. The van der Waals surface area contributed by atoms with E-state index in [1.54, 1.807) is 7.05 Å². The number of nitrogens with zero attached hydrogens (tertiary/aromatic N) is 2. The topological polar surface area (TPSA) is 108 Å². The molecule has 0 saturated carbocycles. The van der Waals surface area contributed by atoms with Crippen LogP contribution >= 0.6 is 0 Å². The Balaban J connectivity index is 2.50. The number of likely N-dealkylation sites (N-methyl/N-ethyl adjacent to an activating group) is 1. The molecule has 1 aliphatic rings. The Kier molecular flexibility index (Phi) is 3.09. The number of rotatable bonds is 2. The van der Waals surface area contributed by atoms with Crippen molar-refractivity contribution in [2.24, 2.45) is 7.05 Å². The molecule has 0 bridgehead atoms. The smallest absolute Gasteiger partial charge is 0.318 e. The van der Waals surface area contributed by atoms with Crippen LogP contribution in [0, 0.1) is 0 Å². The fraction of sp³-hybridized carbons (Fsp3) is 0.182. The van der Waals surface area contributed by atoms with Crippen LogP contribution in [0.5, 0.6) is 5.75 Å². The average molecular weight is 265 g/mol. The lowest BCUT2D eigenvalue weighted by molar-refractivity contribution is -0.541. The van der Waals surface area contributed by atoms with Crippen molar-refractivity contribution in [1.29, 1.82) is 0 Å². The standard InChI is InChI=1S/C11H12N4O4/c1-14-4-6-7(3-9(14)17)19-8(5-16)10(13-6)11(18)15(2)12/h3-5,13H,12H2,1-2H3/p+1. The summed E-state index contributed by atoms with van der Waals surface area (Å²) in [5, 5.41) is 3.85. The molecule has 0 radical (unpaired) electrons. The molecule has 100 valence electrons. The van der Waals surface area contributed by atoms with Gasteiger partial charge in [0, 0.05) is 19.3 Å². The second kappa shape index (κ2) is 4.58. The quantitative estimate of drug-likeness (QED) is 0.485. The molecule has 1 aromatic rings. The van der Waals surface area contributed by atoms with Crippen molar-refractivity contribution in [3.8, 4) is 5.75 Å². The number of aryl methyl sites for hydroxylation is 1. The monoisotopic (exact) mass is 265 g/mol. The highest BCUT2D eigenvalue weighted by atomic mass is 16.5. The first-order valence-electron chi connectivity index (χ1n) is 5.37. The molecule has 0 saturated heterocycles. The van der Waals surface area contributed by atoms with Crippen molar-refractivity contribution in [3.05, 3.63) is 34.1 Å². The lowest BCUT2D eigenvalue weighted by Crippen LogP contribution is -2.68. The Labute approximate surface area is 108 Å². The largest absolute Gasteiger partial charge is 0.449 e. The molecule has 1 aliphatic heterocycles. The maximum atomic E-state index is 11.9. The third-order valence-electron chi connectivity index (χ3n) is 2.58. The first-order valence-corrected chi connectivity index (χ1v) is 5.37. The summed E-state index contributed by atoms with van der Waals surface area (Å²) < 4.78 is 6.59. The van der Waals surface area contributed by atoms with Crippen LogP contribution in [-0.4, -0.2) is 28.8 Å². The molecule has 2 rings (SSSR count). The molecule has 19 heavy (non-hydrogen) atoms. The molecule has 8 nitrogen and oxygen atoms in total. The van der Waals surface area contributed by atoms with Crippen LogP contribution < -0.4 is 21.5 Å². The summed E-state index contributed by atoms with van der Waals surface area (Å²) in [7, 11) is 3.02. The molecule has 0 aromatic carbocycles. The molecular formula is C11H13N4O4+. The van der Waals surface area contributed by atoms with E-state index in [-0.39, 0.29) is 22.8 Å². The van der Waals surface area contributed by atoms with E-state index in [1.165, 1.54) is 23.9 Å². The molecule has 2 heterocycles. The first kappa shape index (κ1) is 12.8. The molecule has 0 fully saturated rings. The number of quaternary nitrogens is 1. The lowest BCUT2D eigenvalue weighted by Gasteiger charge is -2.22. The Morgan fingerprint density at radius 2 is 2.26 bits per heavy atom. The summed E-state index contributed by atoms with van der Waals surface area (Å²) in [5.74, 6) is 2.98. The number of allylic oxidation sites excluding steroid dienone is 1. The number of ether oxygens (including phenoxy) is 1. The number of nitrogens with one attached hydrogen (secondary N) is 1. The van der Waals surface area contributed by atoms with E-state index >= 15 is 0 Å². The van der Waals surface area contributed by atoms with E-state index in [0.717, 1.165) is 5.01 Å². The molecule has 8 heteroatoms. The highest BCUT2D eigenvalue weighted by Gasteiger charge is 2.27. The van der Waals surface area contributed by atoms with Gasteiger partial charge in [-0.1, -0.05) is 0 Å². The predicted octanol–water partition coefficient (Wildman–Crippen LogP) is -1.78. The van der Waals surface area contributed by atoms with Crippen molar-refractivity contribution < 1.29 is 20.2 Å². The number of fused-ring (bicyclic) bond motifs is 1. The molecule has 0 spiro atoms. The van der Waals surface area contributed by atoms with Crippen molar-refractivity contribution in [3.63, 3.8) is 0 Å². The Hall–Kier alpha value is -2.61. The van der Waals surface area contributed by atoms with Crippen LogP contribution in [0.3, 0.4) is 0 Å². The molecule has 0 aliphatic carbocycles. The van der Waals surface area contributed by atoms with Gasteiger partial charge >= 0.3 is 5.91 Å². The summed E-state index contributed by atoms with van der Waals surface area (Å²) in [6.45, 7) is 0. The Bertz CT molecular complexity index is 645. The lowest BCUT2D eigenvalue weighted by atomic mass is 10.2. The van der Waals surface area contributed by atoms with Gasteiger partial charge in [-0.3, -0.25) is 20.2 Å². The van der Waals surface area contributed by atoms with Crippen LogP contribution in [0.15, 0.2) is 28.5 Å². The van der Waals surface area contributed by atoms with Gasteiger partial charge in [0.15, 0.2) is 23.5 Å². The second-order valence-corrected chi connectivity index (χ2v) is 4.09. The summed E-state index contributed by atoms with van der Waals surface area (Å²) >= 11 is 0. The van der Waals surface area contributed by atoms with Crippen LogP contribution in [-0.2, 0) is 16.6 Å². The molecule has 4 N–H and O–H groups in total. The summed E-state index contributed by atoms with van der Waals surface area (Å²) in [5.41, 5.74) is 0.131. The van der Waals surface area contributed by atoms with Gasteiger partial charge < -0.3 is 14.6 Å². The fourth-order valence-electron chi connectivity index (χ4n) is 1.59. The second-order valence-electron chi connectivity index (χ2n) is 4.09. The van der Waals surface area contributed by atoms with Crippen LogP contribution in [0.1, 0.15) is 0 Å². The third kappa shape index (κ3) is 2.20. The number of pyridine rings is 1. The minimum absolute atomic E-state index is 0.0151. The first-order chi connectivity index (χ1) is 8.93. The number of carbonyl (C=O) groups is 2. The van der Waals surface area contributed by atoms with Gasteiger partial charge in [0.2, 0.25) is 0 Å². The third-order valence-corrected chi connectivity index (χ3v) is 2.58. The van der Waals surface area contributed by atoms with E-state index in [2.05, 4.69) is 11.2 Å². The van der Waals surface area contributed by atoms with E-state index < -0.39 is 5.91 Å². The SMILES string of the molecule is CN([NH3+])C(=O)C1=C(C=O)Oc2cc(=O)n(C)cc2N1. The predicted molar refractivity (Wildman–Crippen MR) is 64.7 cm³/mol. The van der Waals surface area contributed by atoms with E-state index in [9.17, 15) is 14.4 Å². The molecule has 1 amide bonds. The van der Waals surface area contributed by atoms with Gasteiger partial charge in [-0.25, -0.2) is 0 Å². The van der Waals surface area contributed by atoms with E-state index in [0.29, 0.717) is 12.0 Å². The Morgan fingerprint density at radius 1 is 1.58 bits per heavy atom. The highest BCUT2D eigenvalue weighted by Crippen LogP contribution is 2.30. The van der Waals surface area contributed by atoms with Crippen LogP contribution in [0.2, 0.25) is 0 Å². The zero-order valence-corrected chi connectivity index (χ0v) is 10.5. The van der Waals surface area contributed by atoms with Gasteiger partial charge in [-0.15, -0.1) is 0 Å². The average Bonchev–Trinajstić information content (AvgIpc) is 2.37. The minimum atomic E-state index is -0.499. The van der Waals surface area contributed by atoms with Crippen molar-refractivity contribution in [2.45, 2.75) is 0 Å². The van der Waals surface area contributed by atoms with Gasteiger partial charge in [0.05, 0.1) is 12.7 Å². The Morgan fingerprint density at radius 3 is 2.84 bits per heavy atom. The highest BCUT2D eigenvalue weighted by molar-refractivity contribution is 6.01. The number of aromatic nitrogens is 1. The number of aldehydes is 1. The molecule has 1 aromatic heterocycles. The number of amides is 1. The molecular weight excluding hydrogens is 252 g/mol. The van der Waals surface area contributed by atoms with Gasteiger partial charge in [-0.2, -0.15) is 5.01 Å². The van der Waals surface area contributed by atoms with Crippen molar-refractivity contribution in [2.75, 3.05) is 12.4 Å². The number of anilines is 1. The molecule has 0 unspecified atom stereocenters. The van der Waals surface area contributed by atoms with E-state index in [4.69, 9.17) is 4.74 Å². The number of carbonyl (C=O) groups excluding carboxylic acids is 2. The van der Waals surface area contributed by atoms with Crippen LogP contribution in [0.4, 0.5) is 5.69 Å². The minimum Gasteiger partial charge on any atom is -0.449 e. The van der Waals surface area contributed by atoms with Crippen LogP contribution in [0.25, 0.3) is 0 Å². The summed E-state index contributed by atoms with van der Waals surface area (Å²) in [6.07, 6.45) is 1.89. The molecule has 0 atom stereocenters. The van der Waals surface area contributed by atoms with Crippen molar-refractivity contribution in [1.82, 2.24) is 9.58 Å². The van der Waals surface area contributed by atoms with Gasteiger partial charge in [0.25, 0.3) is 5.56 Å². The maximum Gasteiger partial charge on any atom is 0.318 e.